The lowest BCUT2D eigenvalue weighted by Crippen LogP contribution is -2.30. The molecule has 0 saturated heterocycles. The summed E-state index contributed by atoms with van der Waals surface area (Å²) in [5.41, 5.74) is 0.877. The van der Waals surface area contributed by atoms with Crippen LogP contribution in [-0.2, 0) is 22.4 Å². The second-order valence-electron chi connectivity index (χ2n) is 5.08. The molecule has 7 heteroatoms. The van der Waals surface area contributed by atoms with Gasteiger partial charge in [0, 0.05) is 11.6 Å². The normalized spacial score (nSPS) is 11.8. The van der Waals surface area contributed by atoms with E-state index in [1.807, 2.05) is 30.3 Å². The first-order chi connectivity index (χ1) is 11.5. The van der Waals surface area contributed by atoms with Crippen LogP contribution in [0.4, 0.5) is 5.69 Å². The summed E-state index contributed by atoms with van der Waals surface area (Å²) in [6, 6.07) is 13.8. The number of rotatable bonds is 7. The number of carbonyl (C=O) groups is 1. The molecule has 0 aliphatic carbocycles. The molecular formula is C17H17N2O4S. The number of amides is 1. The Morgan fingerprint density at radius 2 is 1.88 bits per heavy atom. The fourth-order valence-corrected chi connectivity index (χ4v) is 3.35. The smallest absolute Gasteiger partial charge is 0.326 e. The number of nitro groups is 1. The van der Waals surface area contributed by atoms with Crippen molar-refractivity contribution >= 4 is 22.8 Å². The predicted molar refractivity (Wildman–Crippen MR) is 92.0 cm³/mol. The Kier molecular flexibility index (Phi) is 6.34. The lowest BCUT2D eigenvalue weighted by Gasteiger charge is -2.12. The van der Waals surface area contributed by atoms with Gasteiger partial charge in [-0.2, -0.15) is 0 Å². The van der Waals surface area contributed by atoms with Crippen molar-refractivity contribution in [1.29, 1.82) is 0 Å². The molecule has 0 aliphatic rings. The Labute approximate surface area is 143 Å². The van der Waals surface area contributed by atoms with E-state index >= 15 is 0 Å². The van der Waals surface area contributed by atoms with E-state index < -0.39 is 16.1 Å². The van der Waals surface area contributed by atoms with Crippen LogP contribution in [0, 0.1) is 17.0 Å². The van der Waals surface area contributed by atoms with Gasteiger partial charge in [0.25, 0.3) is 0 Å². The van der Waals surface area contributed by atoms with Gasteiger partial charge in [-0.3, -0.25) is 14.9 Å². The molecule has 1 radical (unpaired) electrons. The molecule has 0 saturated carbocycles. The maximum absolute atomic E-state index is 12.3. The molecule has 0 bridgehead atoms. The first kappa shape index (κ1) is 18.0. The molecule has 1 atom stereocenters. The Morgan fingerprint density at radius 1 is 1.17 bits per heavy atom. The average molecular weight is 345 g/mol. The fraction of sp³-hybridized carbons (Fsp3) is 0.176. The Morgan fingerprint density at radius 3 is 2.54 bits per heavy atom. The third kappa shape index (κ3) is 4.81. The topological polar surface area (TPSA) is 95.3 Å². The van der Waals surface area contributed by atoms with Crippen molar-refractivity contribution in [3.63, 3.8) is 0 Å². The first-order valence-electron chi connectivity index (χ1n) is 7.27. The van der Waals surface area contributed by atoms with E-state index in [2.05, 4.69) is 12.2 Å². The van der Waals surface area contributed by atoms with E-state index in [1.165, 1.54) is 12.1 Å². The summed E-state index contributed by atoms with van der Waals surface area (Å²) in [7, 11) is 0. The predicted octanol–water partition coefficient (Wildman–Crippen LogP) is 2.24. The van der Waals surface area contributed by atoms with Crippen molar-refractivity contribution in [2.24, 2.45) is 0 Å². The van der Waals surface area contributed by atoms with Gasteiger partial charge >= 0.3 is 5.69 Å². The third-order valence-corrected chi connectivity index (χ3v) is 4.72. The number of nitrogens with zero attached hydrogens (tertiary/aromatic N) is 1. The average Bonchev–Trinajstić information content (AvgIpc) is 2.55. The maximum Gasteiger partial charge on any atom is 0.326 e. The minimum atomic E-state index is -1.59. The molecule has 1 unspecified atom stereocenters. The molecule has 6 nitrogen and oxygen atoms in total. The number of hydrogen-bond acceptors (Lipinski definition) is 4. The first-order valence-corrected chi connectivity index (χ1v) is 8.59. The molecule has 24 heavy (non-hydrogen) atoms. The number of nitro benzene ring substituents is 1. The van der Waals surface area contributed by atoms with Gasteiger partial charge in [0.05, 0.1) is 17.9 Å². The van der Waals surface area contributed by atoms with Crippen LogP contribution in [0.15, 0.2) is 53.4 Å². The highest BCUT2D eigenvalue weighted by atomic mass is 32.2. The molecule has 0 aromatic heterocycles. The van der Waals surface area contributed by atoms with Crippen LogP contribution in [0.1, 0.15) is 11.1 Å². The van der Waals surface area contributed by atoms with Gasteiger partial charge in [0.1, 0.15) is 5.75 Å². The van der Waals surface area contributed by atoms with E-state index in [0.29, 0.717) is 0 Å². The van der Waals surface area contributed by atoms with Gasteiger partial charge in [-0.15, -0.1) is 0 Å². The van der Waals surface area contributed by atoms with Crippen LogP contribution >= 0.6 is 0 Å². The second kappa shape index (κ2) is 8.47. The molecule has 2 rings (SSSR count). The van der Waals surface area contributed by atoms with Gasteiger partial charge in [0.15, 0.2) is 0 Å². The van der Waals surface area contributed by atoms with Crippen LogP contribution in [-0.4, -0.2) is 27.7 Å². The lowest BCUT2D eigenvalue weighted by molar-refractivity contribution is -0.388. The lowest BCUT2D eigenvalue weighted by atomic mass is 10.1. The zero-order valence-electron chi connectivity index (χ0n) is 12.9. The van der Waals surface area contributed by atoms with E-state index in [1.54, 1.807) is 6.07 Å². The molecule has 1 amide bonds. The zero-order valence-corrected chi connectivity index (χ0v) is 13.8. The molecule has 0 fully saturated rings. The van der Waals surface area contributed by atoms with Crippen LogP contribution in [0.3, 0.4) is 0 Å². The summed E-state index contributed by atoms with van der Waals surface area (Å²) >= 11 is -1.59. The summed E-state index contributed by atoms with van der Waals surface area (Å²) < 4.78 is 12.3. The molecule has 0 aliphatic heterocycles. The summed E-state index contributed by atoms with van der Waals surface area (Å²) in [5.74, 6) is -0.0798. The highest BCUT2D eigenvalue weighted by molar-refractivity contribution is 7.91. The number of benzene rings is 2. The monoisotopic (exact) mass is 345 g/mol. The van der Waals surface area contributed by atoms with Crippen LogP contribution in [0.2, 0.25) is 0 Å². The van der Waals surface area contributed by atoms with E-state index in [-0.39, 0.29) is 40.8 Å². The van der Waals surface area contributed by atoms with Crippen molar-refractivity contribution in [2.45, 2.75) is 11.3 Å². The number of hydrogen-bond donors (Lipinski definition) is 1. The van der Waals surface area contributed by atoms with E-state index in [9.17, 15) is 19.5 Å². The zero-order chi connectivity index (χ0) is 17.5. The maximum atomic E-state index is 12.3. The van der Waals surface area contributed by atoms with Crippen LogP contribution in [0.5, 0.6) is 0 Å². The summed E-state index contributed by atoms with van der Waals surface area (Å²) in [5, 5.41) is 13.8. The van der Waals surface area contributed by atoms with Gasteiger partial charge in [-0.1, -0.05) is 42.5 Å². The Balaban J connectivity index is 1.90. The molecule has 0 spiro atoms. The van der Waals surface area contributed by atoms with Gasteiger partial charge in [0.2, 0.25) is 10.8 Å². The Bertz CT molecular complexity index is 722. The third-order valence-electron chi connectivity index (χ3n) is 3.33. The molecular weight excluding hydrogens is 328 g/mol. The van der Waals surface area contributed by atoms with Crippen molar-refractivity contribution < 1.29 is 14.3 Å². The van der Waals surface area contributed by atoms with Crippen LogP contribution < -0.4 is 5.32 Å². The summed E-state index contributed by atoms with van der Waals surface area (Å²) in [6.07, 6.45) is 0.238. The van der Waals surface area contributed by atoms with E-state index in [0.717, 1.165) is 5.56 Å². The standard InChI is InChI=1S/C17H17N2O4S/c1-13-6-5-9-15(17(13)19(21)22)24(23)11-10-18-16(20)12-14-7-3-2-4-8-14/h2-9H,1,10-12H2,(H,18,20). The van der Waals surface area contributed by atoms with Gasteiger partial charge in [-0.25, -0.2) is 0 Å². The van der Waals surface area contributed by atoms with E-state index in [4.69, 9.17) is 0 Å². The Hall–Kier alpha value is -2.38. The highest BCUT2D eigenvalue weighted by Gasteiger charge is 2.26. The largest absolute Gasteiger partial charge is 0.611 e. The fourth-order valence-electron chi connectivity index (χ4n) is 2.20. The van der Waals surface area contributed by atoms with Crippen molar-refractivity contribution in [1.82, 2.24) is 5.32 Å². The molecule has 1 N–H and O–H groups in total. The number of para-hydroxylation sites is 1. The molecule has 2 aromatic rings. The van der Waals surface area contributed by atoms with Gasteiger partial charge in [-0.05, 0) is 23.7 Å². The van der Waals surface area contributed by atoms with Crippen LogP contribution in [0.25, 0.3) is 0 Å². The minimum Gasteiger partial charge on any atom is -0.611 e. The summed E-state index contributed by atoms with van der Waals surface area (Å²) in [4.78, 5) is 22.5. The molecule has 125 valence electrons. The molecule has 2 aromatic carbocycles. The number of nitrogens with one attached hydrogen (secondary N) is 1. The minimum absolute atomic E-state index is 0.102. The van der Waals surface area contributed by atoms with Crippen molar-refractivity contribution in [3.05, 3.63) is 76.7 Å². The number of carbonyl (C=O) groups excluding carboxylic acids is 1. The van der Waals surface area contributed by atoms with Crippen molar-refractivity contribution in [3.8, 4) is 0 Å². The van der Waals surface area contributed by atoms with Gasteiger partial charge < -0.3 is 9.87 Å². The summed E-state index contributed by atoms with van der Waals surface area (Å²) in [6.45, 7) is 3.77. The molecule has 0 heterocycles. The SMILES string of the molecule is [CH2]c1cccc([S+]([O-])CCNC(=O)Cc2ccccc2)c1[N+](=O)[O-]. The highest BCUT2D eigenvalue weighted by Crippen LogP contribution is 2.27. The van der Waals surface area contributed by atoms with Crippen molar-refractivity contribution in [2.75, 3.05) is 12.3 Å². The second-order valence-corrected chi connectivity index (χ2v) is 6.62. The quantitative estimate of drug-likeness (QED) is 0.473.